The van der Waals surface area contributed by atoms with Crippen molar-refractivity contribution in [1.29, 1.82) is 0 Å². The molecule has 0 spiro atoms. The summed E-state index contributed by atoms with van der Waals surface area (Å²) >= 11 is 0. The maximum Gasteiger partial charge on any atom is 0.414 e. The van der Waals surface area contributed by atoms with Crippen LogP contribution in [0.3, 0.4) is 0 Å². The third kappa shape index (κ3) is 5.37. The van der Waals surface area contributed by atoms with Gasteiger partial charge in [-0.25, -0.2) is 4.79 Å². The Kier molecular flexibility index (Phi) is 7.44. The summed E-state index contributed by atoms with van der Waals surface area (Å²) in [5.41, 5.74) is 9.11. The van der Waals surface area contributed by atoms with E-state index in [0.717, 1.165) is 18.4 Å². The zero-order valence-electron chi connectivity index (χ0n) is 19.2. The second kappa shape index (κ2) is 10.7. The molecule has 0 saturated carbocycles. The molecule has 0 radical (unpaired) electrons. The lowest BCUT2D eigenvalue weighted by molar-refractivity contribution is -0.137. The maximum absolute atomic E-state index is 13.1. The van der Waals surface area contributed by atoms with Crippen LogP contribution in [0.2, 0.25) is 0 Å². The first-order chi connectivity index (χ1) is 16.5. The molecule has 2 aliphatic rings. The molecule has 2 unspecified atom stereocenters. The number of ether oxygens (including phenoxy) is 2. The number of carbonyl (C=O) groups is 3. The lowest BCUT2D eigenvalue weighted by Gasteiger charge is -2.32. The maximum atomic E-state index is 13.1. The fourth-order valence-electron chi connectivity index (χ4n) is 4.17. The Morgan fingerprint density at radius 3 is 2.47 bits per heavy atom. The molecule has 9 nitrogen and oxygen atoms in total. The van der Waals surface area contributed by atoms with Gasteiger partial charge < -0.3 is 25.4 Å². The van der Waals surface area contributed by atoms with Crippen molar-refractivity contribution in [2.75, 3.05) is 41.4 Å². The van der Waals surface area contributed by atoms with E-state index in [0.29, 0.717) is 43.4 Å². The molecule has 2 saturated heterocycles. The molecule has 2 aromatic carbocycles. The van der Waals surface area contributed by atoms with E-state index in [4.69, 9.17) is 15.2 Å². The van der Waals surface area contributed by atoms with Crippen molar-refractivity contribution in [3.63, 3.8) is 0 Å². The number of hydrogen-bond acceptors (Lipinski definition) is 6. The number of hydrogen-bond donors (Lipinski definition) is 2. The van der Waals surface area contributed by atoms with Gasteiger partial charge in [0.25, 0.3) is 5.91 Å². The van der Waals surface area contributed by atoms with Gasteiger partial charge in [-0.05, 0) is 42.3 Å². The third-order valence-electron chi connectivity index (χ3n) is 5.98. The van der Waals surface area contributed by atoms with Gasteiger partial charge >= 0.3 is 6.09 Å². The van der Waals surface area contributed by atoms with Crippen molar-refractivity contribution < 1.29 is 23.9 Å². The highest BCUT2D eigenvalue weighted by Gasteiger charge is 2.33. The van der Waals surface area contributed by atoms with E-state index in [9.17, 15) is 14.4 Å². The first-order valence-electron chi connectivity index (χ1n) is 11.6. The van der Waals surface area contributed by atoms with Crippen LogP contribution >= 0.6 is 0 Å². The Labute approximate surface area is 198 Å². The average Bonchev–Trinajstić information content (AvgIpc) is 3.27. The minimum Gasteiger partial charge on any atom is -0.447 e. The van der Waals surface area contributed by atoms with Crippen molar-refractivity contribution in [3.8, 4) is 0 Å². The molecule has 34 heavy (non-hydrogen) atoms. The van der Waals surface area contributed by atoms with Gasteiger partial charge in [0.2, 0.25) is 5.91 Å². The molecular weight excluding hydrogens is 436 g/mol. The van der Waals surface area contributed by atoms with Gasteiger partial charge in [-0.15, -0.1) is 0 Å². The largest absolute Gasteiger partial charge is 0.447 e. The van der Waals surface area contributed by atoms with Crippen molar-refractivity contribution in [2.24, 2.45) is 5.73 Å². The summed E-state index contributed by atoms with van der Waals surface area (Å²) in [6.45, 7) is 3.57. The molecule has 2 aromatic rings. The molecule has 3 N–H and O–H groups in total. The van der Waals surface area contributed by atoms with E-state index in [1.807, 2.05) is 24.3 Å². The van der Waals surface area contributed by atoms with E-state index >= 15 is 0 Å². The second-order valence-corrected chi connectivity index (χ2v) is 8.40. The highest BCUT2D eigenvalue weighted by Crippen LogP contribution is 2.27. The van der Waals surface area contributed by atoms with E-state index < -0.39 is 12.2 Å². The van der Waals surface area contributed by atoms with Crippen LogP contribution in [0.1, 0.15) is 37.8 Å². The fraction of sp³-hybridized carbons (Fsp3) is 0.400. The van der Waals surface area contributed by atoms with Gasteiger partial charge in [-0.1, -0.05) is 31.5 Å². The van der Waals surface area contributed by atoms with Gasteiger partial charge in [0, 0.05) is 29.6 Å². The van der Waals surface area contributed by atoms with Gasteiger partial charge in [0.05, 0.1) is 19.6 Å². The Morgan fingerprint density at radius 1 is 1.09 bits per heavy atom. The Balaban J connectivity index is 1.38. The predicted octanol–water partition coefficient (Wildman–Crippen LogP) is 3.20. The first kappa shape index (κ1) is 23.7. The normalized spacial score (nSPS) is 19.2. The monoisotopic (exact) mass is 466 g/mol. The standard InChI is InChI=1S/C25H30N4O5/c1-2-4-21(26)17-7-9-18(10-8-17)27-23(30)16-22-24(31)28(11-13-33-22)19-5-3-6-20(15-19)29-12-14-34-25(29)32/h3,5-10,15,21-22H,2,4,11-14,16,26H2,1H3,(H,27,30). The van der Waals surface area contributed by atoms with Crippen LogP contribution in [-0.2, 0) is 19.1 Å². The van der Waals surface area contributed by atoms with Gasteiger partial charge in [-0.2, -0.15) is 0 Å². The molecule has 180 valence electrons. The number of nitrogens with two attached hydrogens (primary N) is 1. The number of amides is 3. The lowest BCUT2D eigenvalue weighted by atomic mass is 10.0. The molecule has 9 heteroatoms. The Hall–Kier alpha value is -3.43. The summed E-state index contributed by atoms with van der Waals surface area (Å²) in [5, 5.41) is 2.83. The van der Waals surface area contributed by atoms with Crippen LogP contribution in [0.25, 0.3) is 0 Å². The minimum absolute atomic E-state index is 0.0244. The van der Waals surface area contributed by atoms with E-state index in [2.05, 4.69) is 12.2 Å². The predicted molar refractivity (Wildman–Crippen MR) is 129 cm³/mol. The number of benzene rings is 2. The van der Waals surface area contributed by atoms with Gasteiger partial charge in [-0.3, -0.25) is 14.5 Å². The zero-order chi connectivity index (χ0) is 24.1. The van der Waals surface area contributed by atoms with Crippen molar-refractivity contribution in [2.45, 2.75) is 38.3 Å². The summed E-state index contributed by atoms with van der Waals surface area (Å²) < 4.78 is 10.6. The Morgan fingerprint density at radius 2 is 1.79 bits per heavy atom. The molecule has 0 bridgehead atoms. The second-order valence-electron chi connectivity index (χ2n) is 8.40. The third-order valence-corrected chi connectivity index (χ3v) is 5.98. The number of nitrogens with zero attached hydrogens (tertiary/aromatic N) is 2. The topological polar surface area (TPSA) is 114 Å². The number of morpholine rings is 1. The molecule has 4 rings (SSSR count). The molecule has 0 aromatic heterocycles. The van der Waals surface area contributed by atoms with Gasteiger partial charge in [0.15, 0.2) is 0 Å². The van der Waals surface area contributed by atoms with Crippen LogP contribution in [0, 0.1) is 0 Å². The minimum atomic E-state index is -0.883. The van der Waals surface area contributed by atoms with Crippen LogP contribution in [0.5, 0.6) is 0 Å². The van der Waals surface area contributed by atoms with Crippen molar-refractivity contribution >= 4 is 35.0 Å². The smallest absolute Gasteiger partial charge is 0.414 e. The number of anilines is 3. The van der Waals surface area contributed by atoms with Crippen LogP contribution in [0.15, 0.2) is 48.5 Å². The first-order valence-corrected chi connectivity index (χ1v) is 11.6. The van der Waals surface area contributed by atoms with Crippen molar-refractivity contribution in [3.05, 3.63) is 54.1 Å². The fourth-order valence-corrected chi connectivity index (χ4v) is 4.17. The highest BCUT2D eigenvalue weighted by atomic mass is 16.6. The average molecular weight is 467 g/mol. The van der Waals surface area contributed by atoms with E-state index in [1.54, 1.807) is 29.2 Å². The van der Waals surface area contributed by atoms with Crippen LogP contribution in [0.4, 0.5) is 21.9 Å². The van der Waals surface area contributed by atoms with E-state index in [1.165, 1.54) is 4.90 Å². The molecule has 3 amide bonds. The molecule has 2 fully saturated rings. The van der Waals surface area contributed by atoms with Crippen LogP contribution < -0.4 is 20.9 Å². The summed E-state index contributed by atoms with van der Waals surface area (Å²) in [4.78, 5) is 40.7. The number of cyclic esters (lactones) is 1. The van der Waals surface area contributed by atoms with Crippen LogP contribution in [-0.4, -0.2) is 50.3 Å². The Bertz CT molecular complexity index is 1040. The quantitative estimate of drug-likeness (QED) is 0.618. The summed E-state index contributed by atoms with van der Waals surface area (Å²) in [6, 6.07) is 14.6. The number of rotatable bonds is 8. The number of nitrogens with one attached hydrogen (secondary N) is 1. The molecule has 2 atom stereocenters. The molecule has 2 aliphatic heterocycles. The molecular formula is C25H30N4O5. The number of carbonyl (C=O) groups excluding carboxylic acids is 3. The SMILES string of the molecule is CCCC(N)c1ccc(NC(=O)CC2OCCN(c3cccc(N4CCOC4=O)c3)C2=O)cc1. The zero-order valence-corrected chi connectivity index (χ0v) is 19.2. The summed E-state index contributed by atoms with van der Waals surface area (Å²) in [6.07, 6.45) is 0.520. The highest BCUT2D eigenvalue weighted by molar-refractivity contribution is 6.02. The lowest BCUT2D eigenvalue weighted by Crippen LogP contribution is -2.49. The van der Waals surface area contributed by atoms with Gasteiger partial charge in [0.1, 0.15) is 12.7 Å². The summed E-state index contributed by atoms with van der Waals surface area (Å²) in [5.74, 6) is -0.595. The summed E-state index contributed by atoms with van der Waals surface area (Å²) in [7, 11) is 0. The van der Waals surface area contributed by atoms with Crippen molar-refractivity contribution in [1.82, 2.24) is 0 Å². The molecule has 2 heterocycles. The molecule has 0 aliphatic carbocycles. The van der Waals surface area contributed by atoms with E-state index in [-0.39, 0.29) is 24.3 Å².